The Morgan fingerprint density at radius 3 is 2.84 bits per heavy atom. The number of hydrogen-bond acceptors (Lipinski definition) is 8. The van der Waals surface area contributed by atoms with E-state index in [1.165, 1.54) is 23.6 Å². The van der Waals surface area contributed by atoms with E-state index in [-0.39, 0.29) is 17.9 Å². The molecule has 11 heteroatoms. The Morgan fingerprint density at radius 2 is 2.12 bits per heavy atom. The number of ether oxygens (including phenoxy) is 1. The number of amides is 2. The molecule has 0 saturated carbocycles. The monoisotopic (exact) mass is 454 g/mol. The van der Waals surface area contributed by atoms with E-state index in [0.29, 0.717) is 16.6 Å². The molecule has 1 aliphatic rings. The quantitative estimate of drug-likeness (QED) is 0.413. The second-order valence-corrected chi connectivity index (χ2v) is 8.03. The van der Waals surface area contributed by atoms with E-state index in [2.05, 4.69) is 26.2 Å². The zero-order chi connectivity index (χ0) is 22.7. The van der Waals surface area contributed by atoms with Crippen LogP contribution in [-0.2, 0) is 9.53 Å². The van der Waals surface area contributed by atoms with Crippen molar-refractivity contribution >= 4 is 23.8 Å². The highest BCUT2D eigenvalue weighted by Crippen LogP contribution is 2.31. The van der Waals surface area contributed by atoms with E-state index in [9.17, 15) is 9.59 Å². The van der Waals surface area contributed by atoms with E-state index in [1.54, 1.807) is 23.7 Å². The molecule has 0 aliphatic carbocycles. The van der Waals surface area contributed by atoms with Crippen LogP contribution in [0.2, 0.25) is 0 Å². The van der Waals surface area contributed by atoms with Crippen molar-refractivity contribution in [1.29, 1.82) is 0 Å². The molecule has 2 amide bonds. The summed E-state index contributed by atoms with van der Waals surface area (Å²) in [5.74, 6) is 0.139. The number of carbonyl (C=O) groups is 2. The van der Waals surface area contributed by atoms with Crippen LogP contribution in [0.4, 0.5) is 4.79 Å². The van der Waals surface area contributed by atoms with Crippen molar-refractivity contribution in [1.82, 2.24) is 30.8 Å². The highest BCUT2D eigenvalue weighted by atomic mass is 32.2. The smallest absolute Gasteiger partial charge is 0.338 e. The Labute approximate surface area is 188 Å². The summed E-state index contributed by atoms with van der Waals surface area (Å²) in [6, 6.07) is 8.12. The molecule has 2 N–H and O–H groups in total. The minimum Gasteiger partial charge on any atom is -0.467 e. The molecule has 166 valence electrons. The fourth-order valence-corrected chi connectivity index (χ4v) is 4.14. The van der Waals surface area contributed by atoms with Gasteiger partial charge in [0.15, 0.2) is 0 Å². The summed E-state index contributed by atoms with van der Waals surface area (Å²) in [5, 5.41) is 17.9. The molecule has 0 radical (unpaired) electrons. The molecule has 0 fully saturated rings. The lowest BCUT2D eigenvalue weighted by atomic mass is 10.0. The Kier molecular flexibility index (Phi) is 6.26. The first-order valence-electron chi connectivity index (χ1n) is 9.97. The van der Waals surface area contributed by atoms with Crippen molar-refractivity contribution in [3.8, 4) is 5.69 Å². The van der Waals surface area contributed by atoms with Gasteiger partial charge in [0.05, 0.1) is 24.1 Å². The Morgan fingerprint density at radius 1 is 1.28 bits per heavy atom. The van der Waals surface area contributed by atoms with Crippen molar-refractivity contribution in [2.45, 2.75) is 32.0 Å². The van der Waals surface area contributed by atoms with Gasteiger partial charge in [0.2, 0.25) is 5.16 Å². The summed E-state index contributed by atoms with van der Waals surface area (Å²) in [4.78, 5) is 25.1. The molecule has 3 heterocycles. The summed E-state index contributed by atoms with van der Waals surface area (Å²) >= 11 is 1.29. The van der Waals surface area contributed by atoms with E-state index in [0.717, 1.165) is 11.3 Å². The fourth-order valence-electron chi connectivity index (χ4n) is 3.28. The largest absolute Gasteiger partial charge is 0.467 e. The van der Waals surface area contributed by atoms with Crippen LogP contribution < -0.4 is 10.6 Å². The summed E-state index contributed by atoms with van der Waals surface area (Å²) in [7, 11) is 0. The standard InChI is InChI=1S/C21H22N6O4S/c1-4-30-19(28)17-15(22-20(29)23-18(17)16-6-5-9-31-16)11-32-21-24-25-26-27(21)14-8-7-12(2)13(3)10-14/h5-10,18H,4,11H2,1-3H3,(H2,22,23,29)/t18-/m0/s1. The molecule has 1 atom stereocenters. The van der Waals surface area contributed by atoms with Gasteiger partial charge in [-0.1, -0.05) is 17.8 Å². The third-order valence-electron chi connectivity index (χ3n) is 5.00. The maximum Gasteiger partial charge on any atom is 0.338 e. The predicted molar refractivity (Wildman–Crippen MR) is 116 cm³/mol. The average Bonchev–Trinajstić information content (AvgIpc) is 3.46. The first kappa shape index (κ1) is 21.6. The fraction of sp³-hybridized carbons (Fsp3) is 0.286. The van der Waals surface area contributed by atoms with Gasteiger partial charge < -0.3 is 19.8 Å². The van der Waals surface area contributed by atoms with Gasteiger partial charge in [-0.2, -0.15) is 4.68 Å². The van der Waals surface area contributed by atoms with Gasteiger partial charge in [-0.3, -0.25) is 0 Å². The molecule has 0 bridgehead atoms. The van der Waals surface area contributed by atoms with E-state index < -0.39 is 18.0 Å². The Bertz CT molecular complexity index is 1170. The van der Waals surface area contributed by atoms with Gasteiger partial charge in [-0.25, -0.2) is 9.59 Å². The number of aryl methyl sites for hydroxylation is 2. The molecular weight excluding hydrogens is 432 g/mol. The minimum absolute atomic E-state index is 0.201. The molecule has 10 nitrogen and oxygen atoms in total. The lowest BCUT2D eigenvalue weighted by Gasteiger charge is -2.27. The lowest BCUT2D eigenvalue weighted by molar-refractivity contribution is -0.139. The van der Waals surface area contributed by atoms with Crippen LogP contribution in [-0.4, -0.2) is 44.6 Å². The zero-order valence-electron chi connectivity index (χ0n) is 17.8. The van der Waals surface area contributed by atoms with Crippen LogP contribution in [0.25, 0.3) is 5.69 Å². The van der Waals surface area contributed by atoms with Gasteiger partial charge in [0, 0.05) is 11.4 Å². The number of esters is 1. The summed E-state index contributed by atoms with van der Waals surface area (Å²) < 4.78 is 12.3. The third kappa shape index (κ3) is 4.37. The van der Waals surface area contributed by atoms with Gasteiger partial charge in [-0.05, 0) is 66.6 Å². The molecule has 0 saturated heterocycles. The first-order valence-corrected chi connectivity index (χ1v) is 11.0. The zero-order valence-corrected chi connectivity index (χ0v) is 18.6. The number of urea groups is 1. The van der Waals surface area contributed by atoms with Gasteiger partial charge >= 0.3 is 12.0 Å². The molecule has 32 heavy (non-hydrogen) atoms. The number of rotatable bonds is 7. The summed E-state index contributed by atoms with van der Waals surface area (Å²) in [6.07, 6.45) is 1.48. The number of hydrogen-bond donors (Lipinski definition) is 2. The average molecular weight is 455 g/mol. The Hall–Kier alpha value is -3.60. The number of carbonyl (C=O) groups excluding carboxylic acids is 2. The minimum atomic E-state index is -0.760. The molecule has 2 aromatic heterocycles. The second-order valence-electron chi connectivity index (χ2n) is 7.09. The highest BCUT2D eigenvalue weighted by Gasteiger charge is 2.35. The van der Waals surface area contributed by atoms with E-state index in [4.69, 9.17) is 9.15 Å². The molecule has 0 unspecified atom stereocenters. The van der Waals surface area contributed by atoms with Crippen LogP contribution >= 0.6 is 11.8 Å². The molecular formula is C21H22N6O4S. The molecule has 4 rings (SSSR count). The number of tetrazole rings is 1. The van der Waals surface area contributed by atoms with Crippen LogP contribution in [0.1, 0.15) is 29.9 Å². The SMILES string of the molecule is CCOC(=O)C1=C(CSc2nnnn2-c2ccc(C)c(C)c2)NC(=O)N[C@H]1c1ccco1. The van der Waals surface area contributed by atoms with Crippen molar-refractivity contribution in [3.05, 3.63) is 64.8 Å². The maximum atomic E-state index is 12.8. The van der Waals surface area contributed by atoms with Gasteiger partial charge in [0.1, 0.15) is 11.8 Å². The molecule has 0 spiro atoms. The van der Waals surface area contributed by atoms with Gasteiger partial charge in [0.25, 0.3) is 0 Å². The van der Waals surface area contributed by atoms with Crippen molar-refractivity contribution in [3.63, 3.8) is 0 Å². The van der Waals surface area contributed by atoms with Crippen molar-refractivity contribution < 1.29 is 18.7 Å². The summed E-state index contributed by atoms with van der Waals surface area (Å²) in [6.45, 7) is 5.98. The number of furan rings is 1. The molecule has 1 aliphatic heterocycles. The van der Waals surface area contributed by atoms with Crippen LogP contribution in [0.5, 0.6) is 0 Å². The lowest BCUT2D eigenvalue weighted by Crippen LogP contribution is -2.46. The number of nitrogens with one attached hydrogen (secondary N) is 2. The van der Waals surface area contributed by atoms with Crippen molar-refractivity contribution in [2.75, 3.05) is 12.4 Å². The number of aromatic nitrogens is 4. The third-order valence-corrected chi connectivity index (χ3v) is 5.94. The van der Waals surface area contributed by atoms with Crippen LogP contribution in [0.15, 0.2) is 57.4 Å². The van der Waals surface area contributed by atoms with Crippen LogP contribution in [0, 0.1) is 13.8 Å². The van der Waals surface area contributed by atoms with Crippen LogP contribution in [0.3, 0.4) is 0 Å². The highest BCUT2D eigenvalue weighted by molar-refractivity contribution is 7.99. The van der Waals surface area contributed by atoms with E-state index >= 15 is 0 Å². The number of benzene rings is 1. The van der Waals surface area contributed by atoms with Gasteiger partial charge in [-0.15, -0.1) is 5.10 Å². The number of nitrogens with zero attached hydrogens (tertiary/aromatic N) is 4. The second kappa shape index (κ2) is 9.27. The van der Waals surface area contributed by atoms with E-state index in [1.807, 2.05) is 32.0 Å². The predicted octanol–water partition coefficient (Wildman–Crippen LogP) is 2.84. The molecule has 3 aromatic rings. The normalized spacial score (nSPS) is 16.0. The first-order chi connectivity index (χ1) is 15.5. The summed E-state index contributed by atoms with van der Waals surface area (Å²) in [5.41, 5.74) is 3.80. The molecule has 1 aromatic carbocycles. The Balaban J connectivity index is 1.65. The maximum absolute atomic E-state index is 12.8. The number of thioether (sulfide) groups is 1. The topological polar surface area (TPSA) is 124 Å². The van der Waals surface area contributed by atoms with Crippen molar-refractivity contribution in [2.24, 2.45) is 0 Å².